The lowest BCUT2D eigenvalue weighted by Crippen LogP contribution is -2.53. The summed E-state index contributed by atoms with van der Waals surface area (Å²) in [5.74, 6) is 1.38. The molecule has 8 N–H and O–H groups in total. The molecular weight excluding hydrogens is 1430 g/mol. The van der Waals surface area contributed by atoms with E-state index in [1.54, 1.807) is 16.3 Å². The summed E-state index contributed by atoms with van der Waals surface area (Å²) < 4.78 is 24.9. The highest BCUT2D eigenvalue weighted by Crippen LogP contribution is 2.40. The standard InChI is InChI=1S/C18H18ClN3O.C15H19ClN4O.C14H14ClN5.C14H17ClN4O.C14H20N4O2S/c19-14-10-16-15(12-20-21-16)17(11-14)22-8-6-18(23,7-9-22)13-4-2-1-3-5-13;1-19(2)15(21)10-4-3-5-20(9-10)14-7-11(16)6-13-12(14)8-17-18-13;1-8-17-11-2-3-20(7-13(11)18-8)14-5-9(15)4-12-10(14)6-16-19-12;1-16-14(20)9-3-2-4-19(8-9)13-6-10(15)5-12-11(13)7-17-18-12;1-10-6-13-12(8-15-16-13)14(7-10)18-5-4-17(9-11(18)2)21(3,19)20/h1-5,10-12,23H,6-9H2,(H,20,21);6-8,10H,3-5,9H2,1-2H3,(H,17,18);4-6H,2-3,7H2,1H3,(H,16,19)(H,17,18);5-7,9H,2-4,8H2,1H3,(H,16,20)(H,17,18);6-8,11H,4-5,9H2,1-3H3,(H,15,16)/t;;;;11-/m....1/s1. The number of nitrogens with one attached hydrogen (secondary N) is 7. The number of benzene rings is 6. The van der Waals surface area contributed by atoms with Gasteiger partial charge in [0.2, 0.25) is 21.8 Å². The Morgan fingerprint density at radius 3 is 1.50 bits per heavy atom. The fourth-order valence-electron chi connectivity index (χ4n) is 15.2. The first-order valence-corrected chi connectivity index (χ1v) is 38.7. The van der Waals surface area contributed by atoms with E-state index in [0.29, 0.717) is 47.5 Å². The molecule has 5 aliphatic heterocycles. The Morgan fingerprint density at radius 2 is 1.03 bits per heavy atom. The van der Waals surface area contributed by atoms with Crippen LogP contribution in [0.1, 0.15) is 73.8 Å². The van der Waals surface area contributed by atoms with Crippen molar-refractivity contribution in [2.75, 3.05) is 117 Å². The number of anilines is 5. The third-order valence-electron chi connectivity index (χ3n) is 20.5. The van der Waals surface area contributed by atoms with Crippen molar-refractivity contribution in [1.82, 2.24) is 75.5 Å². The maximum Gasteiger partial charge on any atom is 0.226 e. The number of aromatic amines is 6. The number of aromatic nitrogens is 12. The Balaban J connectivity index is 0.000000117. The van der Waals surface area contributed by atoms with Crippen molar-refractivity contribution in [3.8, 4) is 0 Å². The van der Waals surface area contributed by atoms with Crippen molar-refractivity contribution in [2.24, 2.45) is 11.8 Å². The molecule has 0 saturated carbocycles. The Bertz CT molecular complexity index is 5160. The number of carbonyl (C=O) groups excluding carboxylic acids is 2. The summed E-state index contributed by atoms with van der Waals surface area (Å²) >= 11 is 24.8. The second-order valence-corrected chi connectivity index (χ2v) is 31.8. The van der Waals surface area contributed by atoms with E-state index < -0.39 is 15.6 Å². The maximum atomic E-state index is 12.2. The van der Waals surface area contributed by atoms with Crippen LogP contribution in [0.15, 0.2) is 122 Å². The van der Waals surface area contributed by atoms with E-state index in [0.717, 1.165) is 184 Å². The summed E-state index contributed by atoms with van der Waals surface area (Å²) in [6.45, 7) is 14.5. The molecule has 552 valence electrons. The van der Waals surface area contributed by atoms with Gasteiger partial charge < -0.3 is 44.8 Å². The monoisotopic (exact) mass is 1520 g/mol. The van der Waals surface area contributed by atoms with Gasteiger partial charge >= 0.3 is 0 Å². The zero-order valence-electron chi connectivity index (χ0n) is 59.8. The number of sulfonamides is 1. The molecular formula is C75H88Cl4N20O5S. The number of aryl methyl sites for hydroxylation is 2. The molecule has 4 fully saturated rings. The van der Waals surface area contributed by atoms with E-state index >= 15 is 0 Å². The SMILES string of the molecule is CN(C)C(=O)C1CCCN(c2cc(Cl)cc3[nH]ncc23)C1.CNC(=O)C1CCCN(c2cc(Cl)cc3[nH]ncc23)C1.Cc1cc(N2CCN(S(C)(=O)=O)C[C@H]2C)c2cn[nH]c2c1.Cc1nc2c([nH]1)CN(c1cc(Cl)cc3[nH]ncc13)CC2.OC1(c2ccccc2)CCN(c2cc(Cl)cc3[nH]ncc23)CC1. The van der Waals surface area contributed by atoms with Crippen molar-refractivity contribution >= 4 is 151 Å². The molecule has 105 heavy (non-hydrogen) atoms. The van der Waals surface area contributed by atoms with Crippen molar-refractivity contribution in [1.29, 1.82) is 0 Å². The number of imidazole rings is 1. The highest BCUT2D eigenvalue weighted by molar-refractivity contribution is 7.88. The van der Waals surface area contributed by atoms with Gasteiger partial charge in [0.05, 0.1) is 100 Å². The number of amides is 2. The molecule has 2 unspecified atom stereocenters. The number of aliphatic hydroxyl groups is 1. The average molecular weight is 1520 g/mol. The predicted octanol–water partition coefficient (Wildman–Crippen LogP) is 12.6. The summed E-state index contributed by atoms with van der Waals surface area (Å²) in [7, 11) is 2.20. The topological polar surface area (TPSA) is 295 Å². The van der Waals surface area contributed by atoms with Crippen LogP contribution in [0.2, 0.25) is 20.1 Å². The van der Waals surface area contributed by atoms with E-state index in [1.807, 2.05) is 131 Å². The fourth-order valence-corrected chi connectivity index (χ4v) is 17.0. The van der Waals surface area contributed by atoms with Crippen LogP contribution in [0.25, 0.3) is 54.5 Å². The third kappa shape index (κ3) is 16.8. The second-order valence-electron chi connectivity index (χ2n) is 28.0. The van der Waals surface area contributed by atoms with E-state index in [9.17, 15) is 23.1 Å². The summed E-state index contributed by atoms with van der Waals surface area (Å²) in [4.78, 5) is 44.9. The van der Waals surface area contributed by atoms with Gasteiger partial charge in [0.1, 0.15) is 5.82 Å². The number of piperazine rings is 1. The Kier molecular flexibility index (Phi) is 22.5. The van der Waals surface area contributed by atoms with Crippen LogP contribution in [-0.2, 0) is 38.2 Å². The maximum absolute atomic E-state index is 12.2. The second kappa shape index (κ2) is 31.9. The molecule has 0 bridgehead atoms. The fraction of sp³-hybridized carbons (Fsp3) is 0.387. The molecule has 11 heterocycles. The van der Waals surface area contributed by atoms with Crippen molar-refractivity contribution < 1.29 is 23.1 Å². The highest BCUT2D eigenvalue weighted by atomic mass is 35.5. The van der Waals surface area contributed by atoms with Gasteiger partial charge in [-0.25, -0.2) is 13.4 Å². The van der Waals surface area contributed by atoms with Crippen LogP contribution in [-0.4, -0.2) is 194 Å². The van der Waals surface area contributed by atoms with Crippen LogP contribution >= 0.6 is 46.4 Å². The van der Waals surface area contributed by atoms with Gasteiger partial charge in [-0.15, -0.1) is 0 Å². The van der Waals surface area contributed by atoms with E-state index in [4.69, 9.17) is 46.4 Å². The number of hydrogen-bond acceptors (Lipinski definition) is 16. The normalized spacial score (nSPS) is 18.4. The van der Waals surface area contributed by atoms with E-state index in [2.05, 4.69) is 117 Å². The van der Waals surface area contributed by atoms with Gasteiger partial charge in [0.15, 0.2) is 0 Å². The number of hydrogen-bond donors (Lipinski definition) is 8. The molecule has 0 spiro atoms. The van der Waals surface area contributed by atoms with Crippen molar-refractivity contribution in [3.63, 3.8) is 0 Å². The summed E-state index contributed by atoms with van der Waals surface area (Å²) in [5.41, 5.74) is 14.0. The predicted molar refractivity (Wildman–Crippen MR) is 421 cm³/mol. The first kappa shape index (κ1) is 74.1. The molecule has 0 radical (unpaired) electrons. The van der Waals surface area contributed by atoms with E-state index in [-0.39, 0.29) is 29.7 Å². The molecule has 12 aromatic rings. The van der Waals surface area contributed by atoms with E-state index in [1.165, 1.54) is 23.2 Å². The molecule has 30 heteroatoms. The number of nitrogens with zero attached hydrogens (tertiary/aromatic N) is 13. The number of rotatable bonds is 9. The highest BCUT2D eigenvalue weighted by Gasteiger charge is 2.36. The summed E-state index contributed by atoms with van der Waals surface area (Å²) in [5, 5.41) is 57.2. The first-order chi connectivity index (χ1) is 50.5. The van der Waals surface area contributed by atoms with Crippen LogP contribution in [0.5, 0.6) is 0 Å². The van der Waals surface area contributed by atoms with Gasteiger partial charge in [-0.1, -0.05) is 76.7 Å². The molecule has 25 nitrogen and oxygen atoms in total. The number of H-pyrrole nitrogens is 6. The first-order valence-electron chi connectivity index (χ1n) is 35.4. The summed E-state index contributed by atoms with van der Waals surface area (Å²) in [6.07, 6.45) is 16.7. The molecule has 6 aromatic heterocycles. The zero-order valence-corrected chi connectivity index (χ0v) is 63.7. The number of carbonyl (C=O) groups is 2. The average Bonchev–Trinajstić information content (AvgIpc) is 1.20. The molecule has 3 atom stereocenters. The Hall–Kier alpha value is -9.15. The minimum atomic E-state index is -3.12. The lowest BCUT2D eigenvalue weighted by molar-refractivity contribution is -0.133. The largest absolute Gasteiger partial charge is 0.385 e. The lowest BCUT2D eigenvalue weighted by Gasteiger charge is -2.40. The quantitative estimate of drug-likeness (QED) is 0.0666. The summed E-state index contributed by atoms with van der Waals surface area (Å²) in [6, 6.07) is 29.7. The van der Waals surface area contributed by atoms with Gasteiger partial charge in [0.25, 0.3) is 0 Å². The number of fused-ring (bicyclic) bond motifs is 6. The molecule has 2 amide bonds. The molecule has 0 aliphatic carbocycles. The molecule has 4 saturated heterocycles. The van der Waals surface area contributed by atoms with Gasteiger partial charge in [-0.2, -0.15) is 29.8 Å². The Morgan fingerprint density at radius 1 is 0.571 bits per heavy atom. The number of halogens is 4. The van der Waals surface area contributed by atoms with Gasteiger partial charge in [0, 0.05) is 175 Å². The van der Waals surface area contributed by atoms with Gasteiger partial charge in [-0.3, -0.25) is 35.1 Å². The zero-order chi connectivity index (χ0) is 73.8. The minimum Gasteiger partial charge on any atom is -0.385 e. The lowest BCUT2D eigenvalue weighted by atomic mass is 9.84. The van der Waals surface area contributed by atoms with Crippen molar-refractivity contribution in [3.05, 3.63) is 170 Å². The molecule has 17 rings (SSSR count). The number of piperidine rings is 3. The van der Waals surface area contributed by atoms with Crippen LogP contribution in [0.4, 0.5) is 28.4 Å². The minimum absolute atomic E-state index is 0.0367. The third-order valence-corrected chi connectivity index (χ3v) is 22.7. The smallest absolute Gasteiger partial charge is 0.226 e. The van der Waals surface area contributed by atoms with Crippen LogP contribution in [0, 0.1) is 25.7 Å². The van der Waals surface area contributed by atoms with Crippen LogP contribution in [0.3, 0.4) is 0 Å². The van der Waals surface area contributed by atoms with Gasteiger partial charge in [-0.05, 0) is 131 Å². The van der Waals surface area contributed by atoms with Crippen molar-refractivity contribution in [2.45, 2.75) is 83.9 Å². The molecule has 6 aromatic carbocycles. The molecule has 5 aliphatic rings. The Labute approximate surface area is 629 Å². The van der Waals surface area contributed by atoms with Crippen LogP contribution < -0.4 is 29.8 Å².